The summed E-state index contributed by atoms with van der Waals surface area (Å²) in [4.78, 5) is 17.6. The second kappa shape index (κ2) is 9.66. The first-order chi connectivity index (χ1) is 19.6. The lowest BCUT2D eigenvalue weighted by molar-refractivity contribution is -0.138. The monoisotopic (exact) mass is 564 g/mol. The molecule has 1 N–H and O–H groups in total. The third kappa shape index (κ3) is 4.46. The standard InChI is InChI=1S/C31H35F3N6O/c1-19(39-10-9-30(17-39)15-35-16-30)22-12-24-25(26(13-22)31(32,33)34)14-40(29(24)41)23-8-4-7-21(11-23)27(20-5-3-6-20)28-37-36-18-38(28)2/h4,7-8,11-13,18-20,27,35H,3,5-6,9-10,14-17H2,1-2H3/t19-,27-/m1/s1. The Morgan fingerprint density at radius 3 is 2.54 bits per heavy atom. The molecule has 2 aromatic carbocycles. The van der Waals surface area contributed by atoms with Gasteiger partial charge in [-0.1, -0.05) is 18.6 Å². The lowest BCUT2D eigenvalue weighted by Gasteiger charge is -2.40. The molecule has 1 amide bonds. The topological polar surface area (TPSA) is 66.3 Å². The van der Waals surface area contributed by atoms with Gasteiger partial charge in [0.15, 0.2) is 0 Å². The first-order valence-electron chi connectivity index (χ1n) is 14.6. The summed E-state index contributed by atoms with van der Waals surface area (Å²) in [5.74, 6) is 0.920. The summed E-state index contributed by atoms with van der Waals surface area (Å²) < 4.78 is 45.2. The number of benzene rings is 2. The van der Waals surface area contributed by atoms with Crippen molar-refractivity contribution in [1.29, 1.82) is 0 Å². The SMILES string of the molecule is C[C@H](c1cc2c(c(C(F)(F)F)c1)CN(c1cccc([C@H](c3nncn3C)C3CCC3)c1)C2=O)N1CCC2(CNC2)C1. The van der Waals surface area contributed by atoms with Crippen LogP contribution in [0.5, 0.6) is 0 Å². The van der Waals surface area contributed by atoms with Crippen molar-refractivity contribution < 1.29 is 18.0 Å². The Morgan fingerprint density at radius 2 is 1.93 bits per heavy atom. The van der Waals surface area contributed by atoms with Gasteiger partial charge in [-0.15, -0.1) is 10.2 Å². The summed E-state index contributed by atoms with van der Waals surface area (Å²) in [5, 5.41) is 11.8. The Morgan fingerprint density at radius 1 is 1.12 bits per heavy atom. The molecule has 2 saturated heterocycles. The van der Waals surface area contributed by atoms with E-state index in [1.54, 1.807) is 12.4 Å². The number of halogens is 3. The van der Waals surface area contributed by atoms with Crippen molar-refractivity contribution in [3.63, 3.8) is 0 Å². The Labute approximate surface area is 237 Å². The van der Waals surface area contributed by atoms with Crippen LogP contribution in [0.25, 0.3) is 0 Å². The number of aromatic nitrogens is 3. The van der Waals surface area contributed by atoms with Crippen molar-refractivity contribution in [2.45, 2.75) is 57.3 Å². The number of alkyl halides is 3. The molecule has 0 bridgehead atoms. The number of carbonyl (C=O) groups is 1. The van der Waals surface area contributed by atoms with E-state index in [9.17, 15) is 18.0 Å². The van der Waals surface area contributed by atoms with E-state index in [1.807, 2.05) is 42.8 Å². The average Bonchev–Trinajstić information content (AvgIpc) is 3.62. The van der Waals surface area contributed by atoms with Crippen LogP contribution >= 0.6 is 0 Å². The summed E-state index contributed by atoms with van der Waals surface area (Å²) in [6, 6.07) is 10.5. The number of aryl methyl sites for hydroxylation is 1. The van der Waals surface area contributed by atoms with E-state index in [2.05, 4.69) is 20.4 Å². The zero-order valence-electron chi connectivity index (χ0n) is 23.4. The lowest BCUT2D eigenvalue weighted by Crippen LogP contribution is -2.54. The maximum absolute atomic E-state index is 14.4. The second-order valence-electron chi connectivity index (χ2n) is 12.5. The number of carbonyl (C=O) groups excluding carboxylic acids is 1. The minimum absolute atomic E-state index is 0.0177. The predicted octanol–water partition coefficient (Wildman–Crippen LogP) is 5.28. The normalized spacial score (nSPS) is 22.1. The molecule has 0 unspecified atom stereocenters. The van der Waals surface area contributed by atoms with Crippen LogP contribution in [-0.4, -0.2) is 51.8 Å². The van der Waals surface area contributed by atoms with E-state index in [0.717, 1.165) is 63.3 Å². The highest BCUT2D eigenvalue weighted by Crippen LogP contribution is 2.45. The number of hydrogen-bond acceptors (Lipinski definition) is 5. The first-order valence-corrected chi connectivity index (χ1v) is 14.6. The van der Waals surface area contributed by atoms with Gasteiger partial charge in [-0.2, -0.15) is 13.2 Å². The van der Waals surface area contributed by atoms with Gasteiger partial charge >= 0.3 is 6.18 Å². The molecule has 216 valence electrons. The number of hydrogen-bond donors (Lipinski definition) is 1. The molecule has 0 radical (unpaired) electrons. The van der Waals surface area contributed by atoms with Crippen LogP contribution in [0.2, 0.25) is 0 Å². The molecule has 4 heterocycles. The third-order valence-electron chi connectivity index (χ3n) is 10.1. The summed E-state index contributed by atoms with van der Waals surface area (Å²) >= 11 is 0. The molecule has 2 atom stereocenters. The van der Waals surface area contributed by atoms with E-state index in [1.165, 1.54) is 11.0 Å². The zero-order valence-corrected chi connectivity index (χ0v) is 23.4. The summed E-state index contributed by atoms with van der Waals surface area (Å²) in [6.45, 7) is 5.48. The molecule has 3 fully saturated rings. The molecular weight excluding hydrogens is 529 g/mol. The summed E-state index contributed by atoms with van der Waals surface area (Å²) in [7, 11) is 1.92. The van der Waals surface area contributed by atoms with Gasteiger partial charge in [0.25, 0.3) is 5.91 Å². The van der Waals surface area contributed by atoms with Crippen LogP contribution in [0.4, 0.5) is 18.9 Å². The lowest BCUT2D eigenvalue weighted by atomic mass is 9.72. The van der Waals surface area contributed by atoms with E-state index in [4.69, 9.17) is 0 Å². The van der Waals surface area contributed by atoms with E-state index in [-0.39, 0.29) is 41.0 Å². The van der Waals surface area contributed by atoms with Gasteiger partial charge in [-0.25, -0.2) is 0 Å². The number of rotatable bonds is 6. The molecule has 10 heteroatoms. The molecule has 7 rings (SSSR count). The molecular formula is C31H35F3N6O. The average molecular weight is 565 g/mol. The second-order valence-corrected chi connectivity index (χ2v) is 12.5. The van der Waals surface area contributed by atoms with E-state index in [0.29, 0.717) is 17.2 Å². The molecule has 1 aliphatic carbocycles. The van der Waals surface area contributed by atoms with Gasteiger partial charge < -0.3 is 14.8 Å². The molecule has 1 saturated carbocycles. The highest BCUT2D eigenvalue weighted by molar-refractivity contribution is 6.10. The van der Waals surface area contributed by atoms with Crippen LogP contribution in [0.1, 0.15) is 83.0 Å². The summed E-state index contributed by atoms with van der Waals surface area (Å²) in [5.41, 5.74) is 1.93. The largest absolute Gasteiger partial charge is 0.416 e. The van der Waals surface area contributed by atoms with E-state index < -0.39 is 11.7 Å². The molecule has 1 aromatic heterocycles. The third-order valence-corrected chi connectivity index (χ3v) is 10.1. The van der Waals surface area contributed by atoms with Crippen molar-refractivity contribution in [2.24, 2.45) is 18.4 Å². The Kier molecular flexibility index (Phi) is 6.28. The fraction of sp³-hybridized carbons (Fsp3) is 0.516. The van der Waals surface area contributed by atoms with Gasteiger partial charge in [0, 0.05) is 55.3 Å². The molecule has 4 aliphatic rings. The van der Waals surface area contributed by atoms with Gasteiger partial charge in [-0.05, 0) is 79.6 Å². The Hall–Kier alpha value is -3.24. The minimum Gasteiger partial charge on any atom is -0.320 e. The predicted molar refractivity (Wildman–Crippen MR) is 148 cm³/mol. The zero-order chi connectivity index (χ0) is 28.5. The van der Waals surface area contributed by atoms with Gasteiger partial charge in [-0.3, -0.25) is 9.69 Å². The molecule has 3 aliphatic heterocycles. The molecule has 1 spiro atoms. The quantitative estimate of drug-likeness (QED) is 0.441. The maximum atomic E-state index is 14.4. The van der Waals surface area contributed by atoms with Crippen molar-refractivity contribution in [3.05, 3.63) is 76.4 Å². The highest BCUT2D eigenvalue weighted by Gasteiger charge is 2.45. The van der Waals surface area contributed by atoms with E-state index >= 15 is 0 Å². The van der Waals surface area contributed by atoms with Crippen LogP contribution in [-0.2, 0) is 19.8 Å². The van der Waals surface area contributed by atoms with Crippen LogP contribution in [0.3, 0.4) is 0 Å². The number of anilines is 1. The maximum Gasteiger partial charge on any atom is 0.416 e. The number of nitrogens with one attached hydrogen (secondary N) is 1. The molecule has 41 heavy (non-hydrogen) atoms. The van der Waals surface area contributed by atoms with Crippen molar-refractivity contribution >= 4 is 11.6 Å². The molecule has 3 aromatic rings. The van der Waals surface area contributed by atoms with Crippen molar-refractivity contribution in [2.75, 3.05) is 31.1 Å². The first kappa shape index (κ1) is 26.6. The fourth-order valence-electron chi connectivity index (χ4n) is 7.28. The number of fused-ring (bicyclic) bond motifs is 1. The number of amides is 1. The number of likely N-dealkylation sites (tertiary alicyclic amines) is 1. The highest BCUT2D eigenvalue weighted by atomic mass is 19.4. The van der Waals surface area contributed by atoms with Crippen LogP contribution in [0.15, 0.2) is 42.7 Å². The van der Waals surface area contributed by atoms with Crippen molar-refractivity contribution in [1.82, 2.24) is 25.0 Å². The number of nitrogens with zero attached hydrogens (tertiary/aromatic N) is 5. The van der Waals surface area contributed by atoms with Gasteiger partial charge in [0.1, 0.15) is 12.2 Å². The Bertz CT molecular complexity index is 1490. The van der Waals surface area contributed by atoms with Gasteiger partial charge in [0.05, 0.1) is 12.1 Å². The van der Waals surface area contributed by atoms with Gasteiger partial charge in [0.2, 0.25) is 0 Å². The van der Waals surface area contributed by atoms with Crippen LogP contribution in [0, 0.1) is 11.3 Å². The van der Waals surface area contributed by atoms with Crippen LogP contribution < -0.4 is 10.2 Å². The molecule has 7 nitrogen and oxygen atoms in total. The smallest absolute Gasteiger partial charge is 0.320 e. The Balaban J connectivity index is 1.22. The minimum atomic E-state index is -4.55. The summed E-state index contributed by atoms with van der Waals surface area (Å²) in [6.07, 6.45) is 1.51. The fourth-order valence-corrected chi connectivity index (χ4v) is 7.28. The van der Waals surface area contributed by atoms with Crippen molar-refractivity contribution in [3.8, 4) is 0 Å².